The van der Waals surface area contributed by atoms with Gasteiger partial charge >= 0.3 is 0 Å². The SMILES string of the molecule is CCCNCc1ccnc(-c2ccc(Cl)c(Cl)c2)n1. The van der Waals surface area contributed by atoms with Crippen LogP contribution < -0.4 is 5.32 Å². The highest BCUT2D eigenvalue weighted by Gasteiger charge is 2.05. The maximum atomic E-state index is 6.01. The minimum Gasteiger partial charge on any atom is -0.311 e. The molecule has 0 aliphatic carbocycles. The normalized spacial score (nSPS) is 10.7. The Kier molecular flexibility index (Phi) is 5.14. The zero-order valence-electron chi connectivity index (χ0n) is 10.7. The Balaban J connectivity index is 2.19. The van der Waals surface area contributed by atoms with Gasteiger partial charge in [-0.1, -0.05) is 30.1 Å². The fraction of sp³-hybridized carbons (Fsp3) is 0.286. The number of hydrogen-bond acceptors (Lipinski definition) is 3. The van der Waals surface area contributed by atoms with Crippen LogP contribution in [0.2, 0.25) is 10.0 Å². The first kappa shape index (κ1) is 14.3. The largest absolute Gasteiger partial charge is 0.311 e. The van der Waals surface area contributed by atoms with Crippen LogP contribution in [0.1, 0.15) is 19.0 Å². The fourth-order valence-electron chi connectivity index (χ4n) is 1.66. The summed E-state index contributed by atoms with van der Waals surface area (Å²) in [6.45, 7) is 3.85. The molecule has 1 aromatic carbocycles. The minimum atomic E-state index is 0.511. The molecule has 2 rings (SSSR count). The zero-order valence-corrected chi connectivity index (χ0v) is 12.2. The van der Waals surface area contributed by atoms with Crippen molar-refractivity contribution in [3.63, 3.8) is 0 Å². The maximum absolute atomic E-state index is 6.01. The second-order valence-electron chi connectivity index (χ2n) is 4.18. The Labute approximate surface area is 123 Å². The minimum absolute atomic E-state index is 0.511. The Morgan fingerprint density at radius 3 is 2.74 bits per heavy atom. The summed E-state index contributed by atoms with van der Waals surface area (Å²) in [6, 6.07) is 7.31. The number of nitrogens with one attached hydrogen (secondary N) is 1. The van der Waals surface area contributed by atoms with Gasteiger partial charge in [-0.05, 0) is 37.2 Å². The predicted molar refractivity (Wildman–Crippen MR) is 79.5 cm³/mol. The van der Waals surface area contributed by atoms with E-state index in [4.69, 9.17) is 23.2 Å². The molecule has 1 aromatic heterocycles. The summed E-state index contributed by atoms with van der Waals surface area (Å²) in [7, 11) is 0. The van der Waals surface area contributed by atoms with Crippen LogP contribution in [0.4, 0.5) is 0 Å². The van der Waals surface area contributed by atoms with E-state index in [1.54, 1.807) is 18.3 Å². The Morgan fingerprint density at radius 2 is 2.00 bits per heavy atom. The van der Waals surface area contributed by atoms with Gasteiger partial charge in [0.25, 0.3) is 0 Å². The third-order valence-corrected chi connectivity index (χ3v) is 3.36. The highest BCUT2D eigenvalue weighted by Crippen LogP contribution is 2.26. The third kappa shape index (κ3) is 3.90. The van der Waals surface area contributed by atoms with Gasteiger partial charge in [0.2, 0.25) is 0 Å². The number of hydrogen-bond donors (Lipinski definition) is 1. The molecule has 0 fully saturated rings. The molecule has 0 spiro atoms. The molecule has 0 unspecified atom stereocenters. The molecule has 0 amide bonds. The van der Waals surface area contributed by atoms with Crippen LogP contribution in [0.25, 0.3) is 11.4 Å². The average molecular weight is 296 g/mol. The molecule has 0 atom stereocenters. The number of aromatic nitrogens is 2. The van der Waals surface area contributed by atoms with E-state index in [0.29, 0.717) is 15.9 Å². The monoisotopic (exact) mass is 295 g/mol. The molecule has 1 heterocycles. The lowest BCUT2D eigenvalue weighted by molar-refractivity contribution is 0.663. The summed E-state index contributed by atoms with van der Waals surface area (Å²) in [6.07, 6.45) is 2.86. The van der Waals surface area contributed by atoms with Gasteiger partial charge in [0, 0.05) is 18.3 Å². The molecule has 0 bridgehead atoms. The van der Waals surface area contributed by atoms with E-state index in [9.17, 15) is 0 Å². The molecule has 3 nitrogen and oxygen atoms in total. The van der Waals surface area contributed by atoms with Gasteiger partial charge in [-0.15, -0.1) is 0 Å². The van der Waals surface area contributed by atoms with Gasteiger partial charge in [-0.2, -0.15) is 0 Å². The van der Waals surface area contributed by atoms with E-state index < -0.39 is 0 Å². The van der Waals surface area contributed by atoms with Crippen LogP contribution in [-0.4, -0.2) is 16.5 Å². The van der Waals surface area contributed by atoms with Crippen molar-refractivity contribution < 1.29 is 0 Å². The van der Waals surface area contributed by atoms with Crippen molar-refractivity contribution in [2.45, 2.75) is 19.9 Å². The summed E-state index contributed by atoms with van der Waals surface area (Å²) >= 11 is 11.9. The van der Waals surface area contributed by atoms with Crippen molar-refractivity contribution in [1.29, 1.82) is 0 Å². The second kappa shape index (κ2) is 6.85. The maximum Gasteiger partial charge on any atom is 0.159 e. The molecule has 1 N–H and O–H groups in total. The van der Waals surface area contributed by atoms with Crippen molar-refractivity contribution in [3.8, 4) is 11.4 Å². The molecule has 0 saturated carbocycles. The Hall–Kier alpha value is -1.16. The topological polar surface area (TPSA) is 37.8 Å². The van der Waals surface area contributed by atoms with Crippen LogP contribution in [0.15, 0.2) is 30.5 Å². The van der Waals surface area contributed by atoms with E-state index >= 15 is 0 Å². The Bertz CT molecular complexity index is 558. The summed E-state index contributed by atoms with van der Waals surface area (Å²) in [5.41, 5.74) is 1.83. The molecule has 0 saturated heterocycles. The van der Waals surface area contributed by atoms with Crippen LogP contribution >= 0.6 is 23.2 Å². The van der Waals surface area contributed by atoms with Crippen molar-refractivity contribution in [2.75, 3.05) is 6.54 Å². The van der Waals surface area contributed by atoms with E-state index in [0.717, 1.165) is 30.8 Å². The number of halogens is 2. The molecule has 19 heavy (non-hydrogen) atoms. The van der Waals surface area contributed by atoms with Gasteiger partial charge in [-0.3, -0.25) is 0 Å². The number of benzene rings is 1. The highest BCUT2D eigenvalue weighted by molar-refractivity contribution is 6.42. The quantitative estimate of drug-likeness (QED) is 0.849. The molecule has 2 aromatic rings. The van der Waals surface area contributed by atoms with E-state index in [2.05, 4.69) is 22.2 Å². The van der Waals surface area contributed by atoms with Crippen molar-refractivity contribution >= 4 is 23.2 Å². The first-order valence-corrected chi connectivity index (χ1v) is 6.94. The first-order valence-electron chi connectivity index (χ1n) is 6.18. The summed E-state index contributed by atoms with van der Waals surface area (Å²) in [4.78, 5) is 8.78. The van der Waals surface area contributed by atoms with Crippen LogP contribution in [-0.2, 0) is 6.54 Å². The van der Waals surface area contributed by atoms with Crippen molar-refractivity contribution in [1.82, 2.24) is 15.3 Å². The van der Waals surface area contributed by atoms with Gasteiger partial charge in [0.15, 0.2) is 5.82 Å². The van der Waals surface area contributed by atoms with Gasteiger partial charge in [0.05, 0.1) is 15.7 Å². The van der Waals surface area contributed by atoms with E-state index in [1.807, 2.05) is 12.1 Å². The summed E-state index contributed by atoms with van der Waals surface area (Å²) in [5, 5.41) is 4.36. The molecule has 0 aliphatic heterocycles. The van der Waals surface area contributed by atoms with Crippen LogP contribution in [0.3, 0.4) is 0 Å². The van der Waals surface area contributed by atoms with Crippen LogP contribution in [0.5, 0.6) is 0 Å². The fourth-order valence-corrected chi connectivity index (χ4v) is 1.96. The number of nitrogens with zero attached hydrogens (tertiary/aromatic N) is 2. The number of rotatable bonds is 5. The molecule has 5 heteroatoms. The van der Waals surface area contributed by atoms with Gasteiger partial charge < -0.3 is 5.32 Å². The third-order valence-electron chi connectivity index (χ3n) is 2.62. The van der Waals surface area contributed by atoms with Gasteiger partial charge in [-0.25, -0.2) is 9.97 Å². The first-order chi connectivity index (χ1) is 9.20. The summed E-state index contributed by atoms with van der Waals surface area (Å²) < 4.78 is 0. The average Bonchev–Trinajstić information content (AvgIpc) is 2.43. The smallest absolute Gasteiger partial charge is 0.159 e. The zero-order chi connectivity index (χ0) is 13.7. The summed E-state index contributed by atoms with van der Waals surface area (Å²) in [5.74, 6) is 0.661. The van der Waals surface area contributed by atoms with E-state index in [1.165, 1.54) is 0 Å². The standard InChI is InChI=1S/C14H15Cl2N3/c1-2-6-17-9-11-5-7-18-14(19-11)10-3-4-12(15)13(16)8-10/h3-5,7-8,17H,2,6,9H2,1H3. The predicted octanol–water partition coefficient (Wildman–Crippen LogP) is 3.95. The molecular weight excluding hydrogens is 281 g/mol. The molecule has 0 radical (unpaired) electrons. The van der Waals surface area contributed by atoms with E-state index in [-0.39, 0.29) is 0 Å². The highest BCUT2D eigenvalue weighted by atomic mass is 35.5. The lowest BCUT2D eigenvalue weighted by atomic mass is 10.2. The van der Waals surface area contributed by atoms with Crippen molar-refractivity contribution in [3.05, 3.63) is 46.2 Å². The molecular formula is C14H15Cl2N3. The lowest BCUT2D eigenvalue weighted by Crippen LogP contribution is -2.15. The Morgan fingerprint density at radius 1 is 1.16 bits per heavy atom. The van der Waals surface area contributed by atoms with Crippen molar-refractivity contribution in [2.24, 2.45) is 0 Å². The molecule has 0 aliphatic rings. The lowest BCUT2D eigenvalue weighted by Gasteiger charge is -2.06. The second-order valence-corrected chi connectivity index (χ2v) is 4.99. The molecule has 100 valence electrons. The van der Waals surface area contributed by atoms with Gasteiger partial charge in [0.1, 0.15) is 0 Å². The van der Waals surface area contributed by atoms with Crippen LogP contribution in [0, 0.1) is 0 Å².